The maximum Gasteiger partial charge on any atom is 0.221 e. The van der Waals surface area contributed by atoms with E-state index in [1.807, 2.05) is 6.92 Å². The van der Waals surface area contributed by atoms with Crippen LogP contribution < -0.4 is 5.32 Å². The molecular formula is C9H15NO. The average molecular weight is 153 g/mol. The number of nitrogens with one attached hydrogen (secondary N) is 1. The molecule has 0 unspecified atom stereocenters. The van der Waals surface area contributed by atoms with Crippen molar-refractivity contribution in [2.75, 3.05) is 0 Å². The molecule has 62 valence electrons. The van der Waals surface area contributed by atoms with Gasteiger partial charge >= 0.3 is 0 Å². The van der Waals surface area contributed by atoms with E-state index in [1.54, 1.807) is 13.8 Å². The van der Waals surface area contributed by atoms with Crippen LogP contribution in [0.5, 0.6) is 0 Å². The lowest BCUT2D eigenvalue weighted by Gasteiger charge is -2.18. The Hall–Kier alpha value is -0.970. The molecule has 0 aromatic carbocycles. The van der Waals surface area contributed by atoms with Crippen LogP contribution in [0.15, 0.2) is 0 Å². The fourth-order valence-corrected chi connectivity index (χ4v) is 0.674. The molecule has 0 aliphatic heterocycles. The number of carbonyl (C=O) groups excluding carboxylic acids is 1. The summed E-state index contributed by atoms with van der Waals surface area (Å²) in [5.41, 5.74) is -0.508. The zero-order valence-corrected chi connectivity index (χ0v) is 7.40. The van der Waals surface area contributed by atoms with Gasteiger partial charge in [-0.2, -0.15) is 0 Å². The number of terminal acetylenes is 1. The fourth-order valence-electron chi connectivity index (χ4n) is 0.674. The van der Waals surface area contributed by atoms with Crippen molar-refractivity contribution in [3.63, 3.8) is 0 Å². The summed E-state index contributed by atoms with van der Waals surface area (Å²) >= 11 is 0. The largest absolute Gasteiger partial charge is 0.340 e. The highest BCUT2D eigenvalue weighted by Crippen LogP contribution is 1.99. The van der Waals surface area contributed by atoms with Crippen molar-refractivity contribution in [2.24, 2.45) is 0 Å². The van der Waals surface area contributed by atoms with Crippen molar-refractivity contribution in [1.29, 1.82) is 0 Å². The second-order valence-electron chi connectivity index (χ2n) is 3.07. The quantitative estimate of drug-likeness (QED) is 0.609. The standard InChI is InChI=1S/C9H15NO/c1-5-7-8(11)10-9(3,4)6-2/h2H,5,7H2,1,3-4H3,(H,10,11). The van der Waals surface area contributed by atoms with Gasteiger partial charge in [-0.1, -0.05) is 12.8 Å². The first-order valence-electron chi connectivity index (χ1n) is 3.80. The third-order valence-electron chi connectivity index (χ3n) is 1.29. The molecule has 2 heteroatoms. The van der Waals surface area contributed by atoms with Crippen LogP contribution in [0.4, 0.5) is 0 Å². The number of rotatable bonds is 3. The fraction of sp³-hybridized carbons (Fsp3) is 0.667. The zero-order valence-electron chi connectivity index (χ0n) is 7.40. The molecular weight excluding hydrogens is 138 g/mol. The van der Waals surface area contributed by atoms with E-state index in [1.165, 1.54) is 0 Å². The summed E-state index contributed by atoms with van der Waals surface area (Å²) in [7, 11) is 0. The smallest absolute Gasteiger partial charge is 0.221 e. The number of carbonyl (C=O) groups is 1. The van der Waals surface area contributed by atoms with Gasteiger partial charge in [-0.3, -0.25) is 4.79 Å². The second-order valence-corrected chi connectivity index (χ2v) is 3.07. The summed E-state index contributed by atoms with van der Waals surface area (Å²) < 4.78 is 0. The third-order valence-corrected chi connectivity index (χ3v) is 1.29. The van der Waals surface area contributed by atoms with E-state index in [2.05, 4.69) is 11.2 Å². The van der Waals surface area contributed by atoms with Crippen LogP contribution in [-0.4, -0.2) is 11.4 Å². The molecule has 1 amide bonds. The zero-order chi connectivity index (χ0) is 8.91. The Kier molecular flexibility index (Phi) is 3.67. The normalized spacial score (nSPS) is 10.4. The Labute approximate surface area is 68.4 Å². The number of hydrogen-bond acceptors (Lipinski definition) is 1. The second kappa shape index (κ2) is 4.02. The monoisotopic (exact) mass is 153 g/mol. The minimum Gasteiger partial charge on any atom is -0.340 e. The molecule has 0 atom stereocenters. The summed E-state index contributed by atoms with van der Waals surface area (Å²) in [6, 6.07) is 0. The molecule has 0 spiro atoms. The van der Waals surface area contributed by atoms with E-state index in [-0.39, 0.29) is 5.91 Å². The molecule has 0 heterocycles. The SMILES string of the molecule is C#CC(C)(C)NC(=O)CCC. The van der Waals surface area contributed by atoms with E-state index in [0.717, 1.165) is 6.42 Å². The van der Waals surface area contributed by atoms with Gasteiger partial charge in [0.15, 0.2) is 0 Å². The van der Waals surface area contributed by atoms with E-state index < -0.39 is 5.54 Å². The van der Waals surface area contributed by atoms with Gasteiger partial charge in [0.1, 0.15) is 0 Å². The van der Waals surface area contributed by atoms with Gasteiger partial charge in [-0.05, 0) is 20.3 Å². The highest BCUT2D eigenvalue weighted by Gasteiger charge is 2.15. The molecule has 2 nitrogen and oxygen atoms in total. The van der Waals surface area contributed by atoms with Crippen molar-refractivity contribution in [2.45, 2.75) is 39.2 Å². The molecule has 0 rings (SSSR count). The summed E-state index contributed by atoms with van der Waals surface area (Å²) in [6.45, 7) is 5.57. The van der Waals surface area contributed by atoms with Crippen LogP contribution in [0.25, 0.3) is 0 Å². The van der Waals surface area contributed by atoms with Crippen LogP contribution in [-0.2, 0) is 4.79 Å². The molecule has 0 aromatic rings. The molecule has 1 N–H and O–H groups in total. The highest BCUT2D eigenvalue weighted by molar-refractivity contribution is 5.77. The summed E-state index contributed by atoms with van der Waals surface area (Å²) in [5, 5.41) is 2.73. The molecule has 0 radical (unpaired) electrons. The Bertz CT molecular complexity index is 176. The van der Waals surface area contributed by atoms with Gasteiger partial charge in [0, 0.05) is 6.42 Å². The summed E-state index contributed by atoms with van der Waals surface area (Å²) in [4.78, 5) is 11.0. The number of amides is 1. The average Bonchev–Trinajstić information content (AvgIpc) is 1.87. The lowest BCUT2D eigenvalue weighted by atomic mass is 10.1. The lowest BCUT2D eigenvalue weighted by molar-refractivity contribution is -0.122. The van der Waals surface area contributed by atoms with Crippen molar-refractivity contribution >= 4 is 5.91 Å². The van der Waals surface area contributed by atoms with Crippen molar-refractivity contribution < 1.29 is 4.79 Å². The van der Waals surface area contributed by atoms with Crippen molar-refractivity contribution in [3.05, 3.63) is 0 Å². The minimum absolute atomic E-state index is 0.0236. The molecule has 11 heavy (non-hydrogen) atoms. The van der Waals surface area contributed by atoms with E-state index in [4.69, 9.17) is 6.42 Å². The minimum atomic E-state index is -0.508. The summed E-state index contributed by atoms with van der Waals surface area (Å²) in [5.74, 6) is 2.52. The predicted molar refractivity (Wildman–Crippen MR) is 46.0 cm³/mol. The van der Waals surface area contributed by atoms with Crippen LogP contribution >= 0.6 is 0 Å². The van der Waals surface area contributed by atoms with Crippen LogP contribution in [0.1, 0.15) is 33.6 Å². The molecule has 0 aromatic heterocycles. The van der Waals surface area contributed by atoms with Gasteiger partial charge in [0.05, 0.1) is 5.54 Å². The Morgan fingerprint density at radius 1 is 1.64 bits per heavy atom. The molecule has 0 aliphatic carbocycles. The van der Waals surface area contributed by atoms with Crippen LogP contribution in [0, 0.1) is 12.3 Å². The topological polar surface area (TPSA) is 29.1 Å². The Morgan fingerprint density at radius 2 is 2.18 bits per heavy atom. The number of hydrogen-bond donors (Lipinski definition) is 1. The first-order valence-corrected chi connectivity index (χ1v) is 3.80. The van der Waals surface area contributed by atoms with Crippen LogP contribution in [0.3, 0.4) is 0 Å². The van der Waals surface area contributed by atoms with E-state index >= 15 is 0 Å². The van der Waals surface area contributed by atoms with Crippen LogP contribution in [0.2, 0.25) is 0 Å². The Balaban J connectivity index is 3.86. The van der Waals surface area contributed by atoms with Gasteiger partial charge in [-0.15, -0.1) is 6.42 Å². The highest BCUT2D eigenvalue weighted by atomic mass is 16.1. The Morgan fingerprint density at radius 3 is 2.55 bits per heavy atom. The molecule has 0 aliphatic rings. The van der Waals surface area contributed by atoms with Gasteiger partial charge in [0.2, 0.25) is 5.91 Å². The molecule has 0 bridgehead atoms. The third kappa shape index (κ3) is 4.44. The van der Waals surface area contributed by atoms with Gasteiger partial charge in [0.25, 0.3) is 0 Å². The molecule has 0 saturated heterocycles. The van der Waals surface area contributed by atoms with E-state index in [9.17, 15) is 4.79 Å². The molecule has 0 saturated carbocycles. The molecule has 0 fully saturated rings. The van der Waals surface area contributed by atoms with Crippen molar-refractivity contribution in [1.82, 2.24) is 5.32 Å². The van der Waals surface area contributed by atoms with Gasteiger partial charge in [-0.25, -0.2) is 0 Å². The van der Waals surface area contributed by atoms with E-state index in [0.29, 0.717) is 6.42 Å². The first kappa shape index (κ1) is 10.0. The van der Waals surface area contributed by atoms with Crippen molar-refractivity contribution in [3.8, 4) is 12.3 Å². The van der Waals surface area contributed by atoms with Gasteiger partial charge < -0.3 is 5.32 Å². The lowest BCUT2D eigenvalue weighted by Crippen LogP contribution is -2.41. The summed E-state index contributed by atoms with van der Waals surface area (Å²) in [6.07, 6.45) is 6.59. The maximum atomic E-state index is 11.0. The first-order chi connectivity index (χ1) is 5.02. The predicted octanol–water partition coefficient (Wildman–Crippen LogP) is 1.31. The maximum absolute atomic E-state index is 11.0.